The predicted octanol–water partition coefficient (Wildman–Crippen LogP) is 5.07. The first kappa shape index (κ1) is 18.5. The van der Waals surface area contributed by atoms with E-state index in [0.29, 0.717) is 4.47 Å². The van der Waals surface area contributed by atoms with Gasteiger partial charge in [0.25, 0.3) is 5.91 Å². The van der Waals surface area contributed by atoms with Gasteiger partial charge in [-0.3, -0.25) is 4.79 Å². The van der Waals surface area contributed by atoms with Crippen LogP contribution in [0.3, 0.4) is 0 Å². The highest BCUT2D eigenvalue weighted by Crippen LogP contribution is 2.26. The molecule has 0 aliphatic heterocycles. The van der Waals surface area contributed by atoms with E-state index in [9.17, 15) is 13.6 Å². The molecule has 1 amide bonds. The minimum atomic E-state index is -0.555. The van der Waals surface area contributed by atoms with Crippen molar-refractivity contribution in [1.29, 1.82) is 0 Å². The molecule has 3 nitrogen and oxygen atoms in total. The third-order valence-corrected chi connectivity index (χ3v) is 5.02. The zero-order chi connectivity index (χ0) is 18.5. The van der Waals surface area contributed by atoms with Crippen LogP contribution in [0.4, 0.5) is 8.78 Å². The molecule has 0 saturated carbocycles. The van der Waals surface area contributed by atoms with Gasteiger partial charge in [0.1, 0.15) is 5.82 Å². The van der Waals surface area contributed by atoms with Crippen molar-refractivity contribution in [1.82, 2.24) is 5.32 Å². The lowest BCUT2D eigenvalue weighted by Gasteiger charge is -2.18. The first-order valence-corrected chi connectivity index (χ1v) is 9.36. The van der Waals surface area contributed by atoms with Crippen molar-refractivity contribution < 1.29 is 18.3 Å². The Morgan fingerprint density at radius 2 is 1.92 bits per heavy atom. The molecule has 0 radical (unpaired) electrons. The number of benzene rings is 2. The van der Waals surface area contributed by atoms with Gasteiger partial charge < -0.3 is 10.1 Å². The Morgan fingerprint density at radius 3 is 2.58 bits per heavy atom. The molecule has 0 bridgehead atoms. The monoisotopic (exact) mass is 437 g/mol. The molecule has 26 heavy (non-hydrogen) atoms. The largest absolute Gasteiger partial charge is 0.481 e. The maximum atomic E-state index is 13.8. The average Bonchev–Trinajstić information content (AvgIpc) is 3.14. The van der Waals surface area contributed by atoms with Crippen LogP contribution in [0, 0.1) is 11.6 Å². The van der Waals surface area contributed by atoms with Crippen molar-refractivity contribution in [2.24, 2.45) is 0 Å². The minimum absolute atomic E-state index is 0.00203. The molecule has 3 rings (SSSR count). The second kappa shape index (κ2) is 8.42. The lowest BCUT2D eigenvalue weighted by atomic mass is 10.1. The van der Waals surface area contributed by atoms with E-state index >= 15 is 0 Å². The summed E-state index contributed by atoms with van der Waals surface area (Å²) in [5, 5.41) is 4.74. The lowest BCUT2D eigenvalue weighted by Crippen LogP contribution is -2.33. The number of hydrogen-bond acceptors (Lipinski definition) is 3. The van der Waals surface area contributed by atoms with Gasteiger partial charge >= 0.3 is 0 Å². The Kier molecular flexibility index (Phi) is 6.00. The van der Waals surface area contributed by atoms with Gasteiger partial charge in [-0.05, 0) is 47.3 Å². The zero-order valence-corrected chi connectivity index (χ0v) is 15.8. The van der Waals surface area contributed by atoms with Crippen LogP contribution in [0.5, 0.6) is 5.75 Å². The third-order valence-electron chi connectivity index (χ3n) is 3.59. The summed E-state index contributed by atoms with van der Waals surface area (Å²) in [7, 11) is 0. The highest BCUT2D eigenvalue weighted by molar-refractivity contribution is 9.10. The quantitative estimate of drug-likeness (QED) is 0.584. The number of ether oxygens (including phenoxy) is 1. The van der Waals surface area contributed by atoms with E-state index in [1.807, 2.05) is 17.5 Å². The highest BCUT2D eigenvalue weighted by atomic mass is 79.9. The van der Waals surface area contributed by atoms with Crippen LogP contribution in [0.2, 0.25) is 0 Å². The van der Waals surface area contributed by atoms with Crippen LogP contribution in [-0.4, -0.2) is 12.5 Å². The molecule has 0 saturated heterocycles. The Morgan fingerprint density at radius 1 is 1.15 bits per heavy atom. The van der Waals surface area contributed by atoms with Crippen molar-refractivity contribution in [3.05, 3.63) is 86.5 Å². The SMILES string of the molecule is O=C(COc1ccc(Br)cc1F)N[C@@H](c1ccc(F)cc1)c1cccs1. The van der Waals surface area contributed by atoms with Crippen molar-refractivity contribution in [2.75, 3.05) is 6.61 Å². The fraction of sp³-hybridized carbons (Fsp3) is 0.105. The molecule has 0 aliphatic carbocycles. The average molecular weight is 438 g/mol. The molecule has 1 atom stereocenters. The molecule has 0 spiro atoms. The van der Waals surface area contributed by atoms with E-state index < -0.39 is 17.8 Å². The van der Waals surface area contributed by atoms with Crippen LogP contribution < -0.4 is 10.1 Å². The van der Waals surface area contributed by atoms with Crippen LogP contribution in [0.25, 0.3) is 0 Å². The number of halogens is 3. The Balaban J connectivity index is 1.70. The molecule has 0 aliphatic rings. The summed E-state index contributed by atoms with van der Waals surface area (Å²) >= 11 is 4.64. The summed E-state index contributed by atoms with van der Waals surface area (Å²) < 4.78 is 32.8. The van der Waals surface area contributed by atoms with Gasteiger partial charge in [0.15, 0.2) is 18.2 Å². The summed E-state index contributed by atoms with van der Waals surface area (Å²) in [6, 6.07) is 13.6. The summed E-state index contributed by atoms with van der Waals surface area (Å²) in [6.07, 6.45) is 0. The Bertz CT molecular complexity index is 885. The molecule has 3 aromatic rings. The predicted molar refractivity (Wildman–Crippen MR) is 100 cm³/mol. The summed E-state index contributed by atoms with van der Waals surface area (Å²) in [4.78, 5) is 13.2. The first-order valence-electron chi connectivity index (χ1n) is 7.69. The zero-order valence-electron chi connectivity index (χ0n) is 13.4. The van der Waals surface area contributed by atoms with E-state index in [2.05, 4.69) is 21.2 Å². The Labute approximate surface area is 161 Å². The van der Waals surface area contributed by atoms with Gasteiger partial charge in [-0.15, -0.1) is 11.3 Å². The molecule has 2 aromatic carbocycles. The van der Waals surface area contributed by atoms with E-state index in [-0.39, 0.29) is 18.2 Å². The fourth-order valence-electron chi connectivity index (χ4n) is 2.37. The summed E-state index contributed by atoms with van der Waals surface area (Å²) in [5.74, 6) is -1.31. The second-order valence-corrected chi connectivity index (χ2v) is 7.33. The number of carbonyl (C=O) groups excluding carboxylic acids is 1. The number of nitrogens with one attached hydrogen (secondary N) is 1. The standard InChI is InChI=1S/C19H14BrF2NO2S/c20-13-5-8-16(15(22)10-13)25-11-18(24)23-19(17-2-1-9-26-17)12-3-6-14(21)7-4-12/h1-10,19H,11H2,(H,23,24)/t19-/m0/s1. The minimum Gasteiger partial charge on any atom is -0.481 e. The smallest absolute Gasteiger partial charge is 0.258 e. The van der Waals surface area contributed by atoms with Crippen LogP contribution in [0.15, 0.2) is 64.5 Å². The molecule has 0 fully saturated rings. The summed E-state index contributed by atoms with van der Waals surface area (Å²) in [6.45, 7) is -0.332. The van der Waals surface area contributed by atoms with Crippen LogP contribution in [0.1, 0.15) is 16.5 Å². The normalized spacial score (nSPS) is 11.8. The van der Waals surface area contributed by atoms with Crippen molar-refractivity contribution in [3.63, 3.8) is 0 Å². The van der Waals surface area contributed by atoms with E-state index in [1.54, 1.807) is 18.2 Å². The van der Waals surface area contributed by atoms with Crippen LogP contribution >= 0.6 is 27.3 Å². The number of carbonyl (C=O) groups is 1. The summed E-state index contributed by atoms with van der Waals surface area (Å²) in [5.41, 5.74) is 0.747. The highest BCUT2D eigenvalue weighted by Gasteiger charge is 2.18. The van der Waals surface area contributed by atoms with Gasteiger partial charge in [0.05, 0.1) is 6.04 Å². The van der Waals surface area contributed by atoms with Crippen molar-refractivity contribution in [2.45, 2.75) is 6.04 Å². The number of hydrogen-bond donors (Lipinski definition) is 1. The van der Waals surface area contributed by atoms with Gasteiger partial charge in [-0.1, -0.05) is 34.1 Å². The maximum Gasteiger partial charge on any atom is 0.258 e. The molecular formula is C19H14BrF2NO2S. The first-order chi connectivity index (χ1) is 12.5. The van der Waals surface area contributed by atoms with Crippen molar-refractivity contribution in [3.8, 4) is 5.75 Å². The number of rotatable bonds is 6. The van der Waals surface area contributed by atoms with E-state index in [0.717, 1.165) is 10.4 Å². The van der Waals surface area contributed by atoms with Crippen LogP contribution in [-0.2, 0) is 4.79 Å². The van der Waals surface area contributed by atoms with E-state index in [1.165, 1.54) is 35.6 Å². The Hall–Kier alpha value is -2.25. The number of thiophene rings is 1. The van der Waals surface area contributed by atoms with Gasteiger partial charge in [0, 0.05) is 9.35 Å². The topological polar surface area (TPSA) is 38.3 Å². The molecule has 1 aromatic heterocycles. The van der Waals surface area contributed by atoms with E-state index in [4.69, 9.17) is 4.74 Å². The molecule has 1 N–H and O–H groups in total. The molecule has 1 heterocycles. The fourth-order valence-corrected chi connectivity index (χ4v) is 3.50. The molecule has 7 heteroatoms. The molecule has 0 unspecified atom stereocenters. The van der Waals surface area contributed by atoms with Gasteiger partial charge in [0.2, 0.25) is 0 Å². The second-order valence-electron chi connectivity index (χ2n) is 5.43. The molecular weight excluding hydrogens is 424 g/mol. The van der Waals surface area contributed by atoms with Crippen molar-refractivity contribution >= 4 is 33.2 Å². The number of amides is 1. The molecule has 134 valence electrons. The van der Waals surface area contributed by atoms with Gasteiger partial charge in [-0.25, -0.2) is 8.78 Å². The third kappa shape index (κ3) is 4.68. The maximum absolute atomic E-state index is 13.8. The van der Waals surface area contributed by atoms with Gasteiger partial charge in [-0.2, -0.15) is 0 Å². The lowest BCUT2D eigenvalue weighted by molar-refractivity contribution is -0.123.